The van der Waals surface area contributed by atoms with E-state index in [4.69, 9.17) is 4.74 Å². The number of nitrogens with zero attached hydrogens (tertiary/aromatic N) is 1. The topological polar surface area (TPSA) is 75.7 Å². The van der Waals surface area contributed by atoms with E-state index in [0.29, 0.717) is 22.7 Å². The van der Waals surface area contributed by atoms with Gasteiger partial charge in [-0.05, 0) is 67.6 Å². The molecule has 0 aromatic heterocycles. The maximum absolute atomic E-state index is 13.2. The van der Waals surface area contributed by atoms with Crippen molar-refractivity contribution in [2.45, 2.75) is 17.9 Å². The molecule has 8 heteroatoms. The van der Waals surface area contributed by atoms with Crippen LogP contribution in [0.1, 0.15) is 17.3 Å². The number of ether oxygens (including phenoxy) is 1. The molecule has 1 aliphatic heterocycles. The number of fused-ring (bicyclic) bond motifs is 1. The summed E-state index contributed by atoms with van der Waals surface area (Å²) in [6.07, 6.45) is -0.288. The molecule has 30 heavy (non-hydrogen) atoms. The Balaban J connectivity index is 1.56. The van der Waals surface area contributed by atoms with E-state index in [-0.39, 0.29) is 17.5 Å². The van der Waals surface area contributed by atoms with Gasteiger partial charge < -0.3 is 10.1 Å². The Morgan fingerprint density at radius 3 is 2.40 bits per heavy atom. The van der Waals surface area contributed by atoms with E-state index in [1.165, 1.54) is 52.8 Å². The van der Waals surface area contributed by atoms with E-state index in [2.05, 4.69) is 5.32 Å². The summed E-state index contributed by atoms with van der Waals surface area (Å²) in [5, 5.41) is 2.67. The van der Waals surface area contributed by atoms with Crippen molar-refractivity contribution in [3.63, 3.8) is 0 Å². The number of benzene rings is 3. The van der Waals surface area contributed by atoms with Gasteiger partial charge in [-0.1, -0.05) is 12.1 Å². The number of anilines is 2. The normalized spacial score (nSPS) is 15.8. The molecule has 3 aromatic carbocycles. The Kier molecular flexibility index (Phi) is 5.17. The van der Waals surface area contributed by atoms with Crippen molar-refractivity contribution in [1.29, 1.82) is 0 Å². The molecule has 0 spiro atoms. The molecular formula is C22H19FN2O4S. The van der Waals surface area contributed by atoms with Gasteiger partial charge in [-0.3, -0.25) is 9.10 Å². The Morgan fingerprint density at radius 1 is 1.03 bits per heavy atom. The minimum Gasteiger partial charge on any atom is -0.487 e. The van der Waals surface area contributed by atoms with Crippen LogP contribution in [0.3, 0.4) is 0 Å². The molecule has 4 rings (SSSR count). The standard InChI is InChI=1S/C22H19FN2O4S/c1-15-14-25(20-4-2-3-5-21(20)29-15)30(27,28)19-12-10-18(11-13-19)24-22(26)16-6-8-17(23)9-7-16/h2-13,15H,14H2,1H3,(H,24,26)/t15-/m0/s1. The lowest BCUT2D eigenvalue weighted by Gasteiger charge is -2.34. The average molecular weight is 426 g/mol. The molecule has 6 nitrogen and oxygen atoms in total. The van der Waals surface area contributed by atoms with E-state index in [1.807, 2.05) is 6.92 Å². The zero-order valence-electron chi connectivity index (χ0n) is 16.1. The first kappa shape index (κ1) is 19.9. The van der Waals surface area contributed by atoms with E-state index in [1.54, 1.807) is 24.3 Å². The van der Waals surface area contributed by atoms with Crippen molar-refractivity contribution in [1.82, 2.24) is 0 Å². The predicted molar refractivity (Wildman–Crippen MR) is 112 cm³/mol. The van der Waals surface area contributed by atoms with Gasteiger partial charge in [0.2, 0.25) is 0 Å². The summed E-state index contributed by atoms with van der Waals surface area (Å²) in [7, 11) is -3.81. The first-order valence-corrected chi connectivity index (χ1v) is 10.7. The number of halogens is 1. The number of hydrogen-bond acceptors (Lipinski definition) is 4. The Hall–Kier alpha value is -3.39. The Bertz CT molecular complexity index is 1180. The number of rotatable bonds is 4. The van der Waals surface area contributed by atoms with Gasteiger partial charge >= 0.3 is 0 Å². The van der Waals surface area contributed by atoms with Crippen LogP contribution in [0.5, 0.6) is 5.75 Å². The Labute approximate surface area is 174 Å². The van der Waals surface area contributed by atoms with Gasteiger partial charge in [0.1, 0.15) is 17.7 Å². The molecule has 1 aliphatic rings. The van der Waals surface area contributed by atoms with Crippen LogP contribution in [0.25, 0.3) is 0 Å². The van der Waals surface area contributed by atoms with Gasteiger partial charge in [-0.2, -0.15) is 0 Å². The molecule has 0 saturated heterocycles. The van der Waals surface area contributed by atoms with Crippen LogP contribution in [-0.4, -0.2) is 27.0 Å². The fourth-order valence-electron chi connectivity index (χ4n) is 3.22. The van der Waals surface area contributed by atoms with Crippen LogP contribution in [0, 0.1) is 5.82 Å². The van der Waals surface area contributed by atoms with E-state index in [0.717, 1.165) is 0 Å². The first-order chi connectivity index (χ1) is 14.3. The second-order valence-electron chi connectivity index (χ2n) is 6.92. The maximum atomic E-state index is 13.2. The summed E-state index contributed by atoms with van der Waals surface area (Å²) < 4.78 is 46.5. The van der Waals surface area contributed by atoms with E-state index < -0.39 is 21.7 Å². The molecule has 1 N–H and O–H groups in total. The second-order valence-corrected chi connectivity index (χ2v) is 8.78. The minimum absolute atomic E-state index is 0.103. The molecule has 0 fully saturated rings. The third-order valence-corrected chi connectivity index (χ3v) is 6.49. The van der Waals surface area contributed by atoms with Crippen LogP contribution in [0.4, 0.5) is 15.8 Å². The maximum Gasteiger partial charge on any atom is 0.264 e. The number of para-hydroxylation sites is 2. The number of sulfonamides is 1. The number of amides is 1. The summed E-state index contributed by atoms with van der Waals surface area (Å²) in [6, 6.07) is 18.1. The lowest BCUT2D eigenvalue weighted by Crippen LogP contribution is -2.42. The monoisotopic (exact) mass is 426 g/mol. The fraction of sp³-hybridized carbons (Fsp3) is 0.136. The highest BCUT2D eigenvalue weighted by atomic mass is 32.2. The van der Waals surface area contributed by atoms with Crippen LogP contribution in [0.15, 0.2) is 77.7 Å². The van der Waals surface area contributed by atoms with Crippen LogP contribution < -0.4 is 14.4 Å². The molecule has 0 unspecified atom stereocenters. The number of carbonyl (C=O) groups excluding carboxylic acids is 1. The molecule has 0 saturated carbocycles. The highest BCUT2D eigenvalue weighted by molar-refractivity contribution is 7.92. The van der Waals surface area contributed by atoms with Crippen LogP contribution >= 0.6 is 0 Å². The zero-order valence-corrected chi connectivity index (χ0v) is 16.9. The smallest absolute Gasteiger partial charge is 0.264 e. The van der Waals surface area contributed by atoms with Gasteiger partial charge in [0.05, 0.1) is 17.1 Å². The van der Waals surface area contributed by atoms with Gasteiger partial charge in [0, 0.05) is 11.3 Å². The summed E-state index contributed by atoms with van der Waals surface area (Å²) in [5.74, 6) is -0.329. The quantitative estimate of drug-likeness (QED) is 0.683. The summed E-state index contributed by atoms with van der Waals surface area (Å²) >= 11 is 0. The molecular weight excluding hydrogens is 407 g/mol. The van der Waals surface area contributed by atoms with E-state index in [9.17, 15) is 17.6 Å². The van der Waals surface area contributed by atoms with Crippen molar-refractivity contribution in [3.8, 4) is 5.75 Å². The van der Waals surface area contributed by atoms with Crippen LogP contribution in [0.2, 0.25) is 0 Å². The van der Waals surface area contributed by atoms with Crippen molar-refractivity contribution < 1.29 is 22.3 Å². The van der Waals surface area contributed by atoms with Crippen molar-refractivity contribution >= 4 is 27.3 Å². The fourth-order valence-corrected chi connectivity index (χ4v) is 4.77. The van der Waals surface area contributed by atoms with Gasteiger partial charge in [-0.15, -0.1) is 0 Å². The molecule has 1 heterocycles. The molecule has 0 radical (unpaired) electrons. The first-order valence-electron chi connectivity index (χ1n) is 9.30. The van der Waals surface area contributed by atoms with Gasteiger partial charge in [0.15, 0.2) is 0 Å². The second kappa shape index (κ2) is 7.79. The molecule has 154 valence electrons. The average Bonchev–Trinajstić information content (AvgIpc) is 2.74. The van der Waals surface area contributed by atoms with Gasteiger partial charge in [-0.25, -0.2) is 12.8 Å². The Morgan fingerprint density at radius 2 is 1.70 bits per heavy atom. The molecule has 3 aromatic rings. The van der Waals surface area contributed by atoms with Crippen molar-refractivity contribution in [2.24, 2.45) is 0 Å². The SMILES string of the molecule is C[C@H]1CN(S(=O)(=O)c2ccc(NC(=O)c3ccc(F)cc3)cc2)c2ccccc2O1. The predicted octanol–water partition coefficient (Wildman–Crippen LogP) is 4.05. The third kappa shape index (κ3) is 3.86. The van der Waals surface area contributed by atoms with Crippen LogP contribution in [-0.2, 0) is 10.0 Å². The van der Waals surface area contributed by atoms with Crippen molar-refractivity contribution in [2.75, 3.05) is 16.2 Å². The van der Waals surface area contributed by atoms with Gasteiger partial charge in [0.25, 0.3) is 15.9 Å². The number of nitrogens with one attached hydrogen (secondary N) is 1. The van der Waals surface area contributed by atoms with Crippen molar-refractivity contribution in [3.05, 3.63) is 84.2 Å². The largest absolute Gasteiger partial charge is 0.487 e. The third-order valence-electron chi connectivity index (χ3n) is 4.69. The summed E-state index contributed by atoms with van der Waals surface area (Å²) in [6.45, 7) is 2.01. The zero-order chi connectivity index (χ0) is 21.3. The summed E-state index contributed by atoms with van der Waals surface area (Å²) in [5.41, 5.74) is 1.22. The summed E-state index contributed by atoms with van der Waals surface area (Å²) in [4.78, 5) is 12.4. The highest BCUT2D eigenvalue weighted by Gasteiger charge is 2.32. The molecule has 0 aliphatic carbocycles. The lowest BCUT2D eigenvalue weighted by molar-refractivity contribution is 0.102. The number of carbonyl (C=O) groups is 1. The molecule has 1 amide bonds. The highest BCUT2D eigenvalue weighted by Crippen LogP contribution is 2.36. The number of hydrogen-bond donors (Lipinski definition) is 1. The lowest BCUT2D eigenvalue weighted by atomic mass is 10.2. The molecule has 0 bridgehead atoms. The molecule has 1 atom stereocenters. The van der Waals surface area contributed by atoms with E-state index >= 15 is 0 Å². The minimum atomic E-state index is -3.81.